The van der Waals surface area contributed by atoms with E-state index < -0.39 is 12.2 Å². The van der Waals surface area contributed by atoms with E-state index in [1.54, 1.807) is 7.05 Å². The van der Waals surface area contributed by atoms with Gasteiger partial charge in [0, 0.05) is 11.8 Å². The molecule has 0 aliphatic rings. The number of aldehydes is 1. The van der Waals surface area contributed by atoms with Crippen LogP contribution in [0.15, 0.2) is 12.3 Å². The third-order valence-corrected chi connectivity index (χ3v) is 2.25. The summed E-state index contributed by atoms with van der Waals surface area (Å²) in [5.41, 5.74) is 0.922. The first kappa shape index (κ1) is 11.9. The lowest BCUT2D eigenvalue weighted by atomic mass is 10.0. The number of aliphatic hydroxyl groups excluding tert-OH is 2. The number of carbonyl (C=O) groups excluding carboxylic acids is 1. The zero-order valence-electron chi connectivity index (χ0n) is 8.60. The molecular formula is C10H16N2O3. The molecule has 2 unspecified atom stereocenters. The van der Waals surface area contributed by atoms with Gasteiger partial charge in [0.1, 0.15) is 6.10 Å². The first-order valence-electron chi connectivity index (χ1n) is 4.83. The van der Waals surface area contributed by atoms with Gasteiger partial charge in [-0.05, 0) is 26.1 Å². The van der Waals surface area contributed by atoms with Gasteiger partial charge in [0.25, 0.3) is 0 Å². The van der Waals surface area contributed by atoms with Gasteiger partial charge in [-0.15, -0.1) is 0 Å². The summed E-state index contributed by atoms with van der Waals surface area (Å²) in [6.45, 7) is 0.628. The molecule has 1 rings (SSSR count). The van der Waals surface area contributed by atoms with E-state index in [4.69, 9.17) is 0 Å². The largest absolute Gasteiger partial charge is 0.390 e. The second-order valence-electron chi connectivity index (χ2n) is 3.41. The Morgan fingerprint density at radius 2 is 2.33 bits per heavy atom. The fraction of sp³-hybridized carbons (Fsp3) is 0.500. The number of H-pyrrole nitrogens is 1. The van der Waals surface area contributed by atoms with E-state index >= 15 is 0 Å². The highest BCUT2D eigenvalue weighted by atomic mass is 16.3. The van der Waals surface area contributed by atoms with Crippen molar-refractivity contribution < 1.29 is 15.0 Å². The number of rotatable bonds is 6. The smallest absolute Gasteiger partial charge is 0.166 e. The number of nitrogens with one attached hydrogen (secondary N) is 2. The number of aromatic nitrogens is 1. The van der Waals surface area contributed by atoms with Crippen LogP contribution in [0.3, 0.4) is 0 Å². The highest BCUT2D eigenvalue weighted by Crippen LogP contribution is 2.18. The van der Waals surface area contributed by atoms with Gasteiger partial charge in [-0.2, -0.15) is 0 Å². The molecule has 0 amide bonds. The lowest BCUT2D eigenvalue weighted by molar-refractivity contribution is 0.0141. The summed E-state index contributed by atoms with van der Waals surface area (Å²) in [7, 11) is 1.78. The highest BCUT2D eigenvalue weighted by Gasteiger charge is 2.18. The Bertz CT molecular complexity index is 311. The van der Waals surface area contributed by atoms with Gasteiger partial charge in [-0.1, -0.05) is 0 Å². The van der Waals surface area contributed by atoms with Gasteiger partial charge < -0.3 is 20.5 Å². The van der Waals surface area contributed by atoms with Crippen molar-refractivity contribution in [2.75, 3.05) is 13.6 Å². The van der Waals surface area contributed by atoms with Gasteiger partial charge in [0.2, 0.25) is 0 Å². The molecule has 0 saturated heterocycles. The summed E-state index contributed by atoms with van der Waals surface area (Å²) < 4.78 is 0. The summed E-state index contributed by atoms with van der Waals surface area (Å²) in [6.07, 6.45) is 0.864. The minimum atomic E-state index is -0.955. The highest BCUT2D eigenvalue weighted by molar-refractivity contribution is 5.72. The molecule has 0 fully saturated rings. The predicted octanol–water partition coefficient (Wildman–Crippen LogP) is -0.169. The molecule has 0 radical (unpaired) electrons. The Morgan fingerprint density at radius 3 is 2.87 bits per heavy atom. The molecule has 5 nitrogen and oxygen atoms in total. The molecule has 15 heavy (non-hydrogen) atoms. The Balaban J connectivity index is 2.58. The van der Waals surface area contributed by atoms with Gasteiger partial charge in [-0.25, -0.2) is 0 Å². The average Bonchev–Trinajstić information content (AvgIpc) is 2.73. The number of carbonyl (C=O) groups is 1. The van der Waals surface area contributed by atoms with Crippen LogP contribution in [0.1, 0.15) is 28.6 Å². The maximum atomic E-state index is 10.4. The van der Waals surface area contributed by atoms with E-state index in [0.29, 0.717) is 30.5 Å². The fourth-order valence-electron chi connectivity index (χ4n) is 1.34. The van der Waals surface area contributed by atoms with Crippen molar-refractivity contribution in [1.82, 2.24) is 10.3 Å². The van der Waals surface area contributed by atoms with E-state index in [9.17, 15) is 15.0 Å². The Morgan fingerprint density at radius 1 is 1.60 bits per heavy atom. The molecule has 0 aliphatic carbocycles. The van der Waals surface area contributed by atoms with Gasteiger partial charge >= 0.3 is 0 Å². The van der Waals surface area contributed by atoms with Crippen LogP contribution in [-0.4, -0.2) is 41.2 Å². The van der Waals surface area contributed by atoms with Crippen LogP contribution in [-0.2, 0) is 0 Å². The predicted molar refractivity (Wildman–Crippen MR) is 55.7 cm³/mol. The summed E-state index contributed by atoms with van der Waals surface area (Å²) >= 11 is 0. The van der Waals surface area contributed by atoms with Crippen molar-refractivity contribution in [3.8, 4) is 0 Å². The van der Waals surface area contributed by atoms with Crippen molar-refractivity contribution in [2.24, 2.45) is 0 Å². The van der Waals surface area contributed by atoms with Gasteiger partial charge in [0.15, 0.2) is 6.29 Å². The van der Waals surface area contributed by atoms with Crippen molar-refractivity contribution in [1.29, 1.82) is 0 Å². The van der Waals surface area contributed by atoms with Crippen LogP contribution >= 0.6 is 0 Å². The molecule has 0 aromatic carbocycles. The minimum absolute atomic E-state index is 0.393. The standard InChI is InChI=1S/C10H16N2O3/c1-11-3-2-9(14)10(15)7-4-8(6-13)12-5-7/h4-6,9-12,14-15H,2-3H2,1H3. The Kier molecular flexibility index (Phi) is 4.48. The molecule has 1 aromatic heterocycles. The van der Waals surface area contributed by atoms with E-state index in [-0.39, 0.29) is 0 Å². The maximum Gasteiger partial charge on any atom is 0.166 e. The first-order valence-corrected chi connectivity index (χ1v) is 4.83. The van der Waals surface area contributed by atoms with Crippen LogP contribution < -0.4 is 5.32 Å². The summed E-state index contributed by atoms with van der Waals surface area (Å²) in [5.74, 6) is 0. The number of aliphatic hydroxyl groups is 2. The normalized spacial score (nSPS) is 14.9. The topological polar surface area (TPSA) is 85.3 Å². The zero-order chi connectivity index (χ0) is 11.3. The van der Waals surface area contributed by atoms with Crippen LogP contribution in [0.5, 0.6) is 0 Å². The summed E-state index contributed by atoms with van der Waals surface area (Å²) in [4.78, 5) is 13.1. The van der Waals surface area contributed by atoms with E-state index in [1.807, 2.05) is 0 Å². The maximum absolute atomic E-state index is 10.4. The third-order valence-electron chi connectivity index (χ3n) is 2.25. The molecule has 1 aromatic rings. The molecule has 0 saturated carbocycles. The Hall–Kier alpha value is -1.17. The molecule has 0 spiro atoms. The molecule has 1 heterocycles. The van der Waals surface area contributed by atoms with Crippen molar-refractivity contribution in [3.63, 3.8) is 0 Å². The number of hydrogen-bond donors (Lipinski definition) is 4. The number of aromatic amines is 1. The van der Waals surface area contributed by atoms with E-state index in [1.165, 1.54) is 12.3 Å². The van der Waals surface area contributed by atoms with Crippen LogP contribution in [0.4, 0.5) is 0 Å². The monoisotopic (exact) mass is 212 g/mol. The SMILES string of the molecule is CNCCC(O)C(O)c1c[nH]c(C=O)c1. The molecular weight excluding hydrogens is 196 g/mol. The quantitative estimate of drug-likeness (QED) is 0.493. The third kappa shape index (κ3) is 3.16. The lowest BCUT2D eigenvalue weighted by Gasteiger charge is -2.16. The van der Waals surface area contributed by atoms with Gasteiger partial charge in [-0.3, -0.25) is 4.79 Å². The minimum Gasteiger partial charge on any atom is -0.390 e. The fourth-order valence-corrected chi connectivity index (χ4v) is 1.34. The zero-order valence-corrected chi connectivity index (χ0v) is 8.60. The molecule has 0 aliphatic heterocycles. The van der Waals surface area contributed by atoms with Crippen LogP contribution in [0.25, 0.3) is 0 Å². The molecule has 5 heteroatoms. The molecule has 2 atom stereocenters. The molecule has 0 bridgehead atoms. The molecule has 84 valence electrons. The van der Waals surface area contributed by atoms with E-state index in [0.717, 1.165) is 0 Å². The Labute approximate surface area is 88.1 Å². The van der Waals surface area contributed by atoms with Crippen LogP contribution in [0, 0.1) is 0 Å². The van der Waals surface area contributed by atoms with Gasteiger partial charge in [0.05, 0.1) is 11.8 Å². The average molecular weight is 212 g/mol. The summed E-state index contributed by atoms with van der Waals surface area (Å²) in [5, 5.41) is 22.2. The second-order valence-corrected chi connectivity index (χ2v) is 3.41. The van der Waals surface area contributed by atoms with E-state index in [2.05, 4.69) is 10.3 Å². The number of hydrogen-bond acceptors (Lipinski definition) is 4. The van der Waals surface area contributed by atoms with Crippen molar-refractivity contribution in [3.05, 3.63) is 23.5 Å². The summed E-state index contributed by atoms with van der Waals surface area (Å²) in [6, 6.07) is 1.53. The first-order chi connectivity index (χ1) is 7.19. The second kappa shape index (κ2) is 5.65. The molecule has 4 N–H and O–H groups in total. The lowest BCUT2D eigenvalue weighted by Crippen LogP contribution is -2.23. The van der Waals surface area contributed by atoms with Crippen molar-refractivity contribution >= 4 is 6.29 Å². The van der Waals surface area contributed by atoms with Crippen molar-refractivity contribution in [2.45, 2.75) is 18.6 Å². The van der Waals surface area contributed by atoms with Crippen LogP contribution in [0.2, 0.25) is 0 Å².